The van der Waals surface area contributed by atoms with Gasteiger partial charge in [0.25, 0.3) is 0 Å². The number of piperidine rings is 1. The molecule has 11 heteroatoms. The molecule has 40 heavy (non-hydrogen) atoms. The second-order valence-corrected chi connectivity index (χ2v) is 10.3. The Morgan fingerprint density at radius 1 is 1.05 bits per heavy atom. The number of benzene rings is 2. The number of fused-ring (bicyclic) bond motifs is 3. The summed E-state index contributed by atoms with van der Waals surface area (Å²) in [6.45, 7) is 1.44. The minimum absolute atomic E-state index is 0.0684. The van der Waals surface area contributed by atoms with Gasteiger partial charge in [0.2, 0.25) is 0 Å². The zero-order valence-electron chi connectivity index (χ0n) is 21.3. The van der Waals surface area contributed by atoms with Crippen LogP contribution in [0.5, 0.6) is 0 Å². The summed E-state index contributed by atoms with van der Waals surface area (Å²) in [6.07, 6.45) is -3.27. The smallest absolute Gasteiger partial charge is 0.422 e. The van der Waals surface area contributed by atoms with E-state index < -0.39 is 35.4 Å². The summed E-state index contributed by atoms with van der Waals surface area (Å²) in [7, 11) is 0. The lowest BCUT2D eigenvalue weighted by atomic mass is 9.86. The van der Waals surface area contributed by atoms with Crippen molar-refractivity contribution in [1.82, 2.24) is 15.2 Å². The Labute approximate surface area is 227 Å². The Balaban J connectivity index is 1.28. The van der Waals surface area contributed by atoms with Crippen molar-refractivity contribution in [2.45, 2.75) is 38.0 Å². The number of β-amino-alcohol motifs (C(OH)–C–C–N with tert-alkyl or cyclic N) is 1. The van der Waals surface area contributed by atoms with Crippen molar-refractivity contribution < 1.29 is 37.2 Å². The summed E-state index contributed by atoms with van der Waals surface area (Å²) in [6, 6.07) is 13.4. The summed E-state index contributed by atoms with van der Waals surface area (Å²) in [4.78, 5) is 13.3. The fraction of sp³-hybridized carbons (Fsp3) is 0.345. The molecule has 0 radical (unpaired) electrons. The quantitative estimate of drug-likeness (QED) is 0.317. The van der Waals surface area contributed by atoms with Gasteiger partial charge in [0.15, 0.2) is 17.2 Å². The Morgan fingerprint density at radius 2 is 1.80 bits per heavy atom. The highest BCUT2D eigenvalue weighted by atomic mass is 19.4. The van der Waals surface area contributed by atoms with Crippen molar-refractivity contribution in [3.05, 3.63) is 70.8 Å². The first-order valence-corrected chi connectivity index (χ1v) is 13.1. The third kappa shape index (κ3) is 4.79. The topological polar surface area (TPSA) is 113 Å². The average molecular weight is 554 g/mol. The van der Waals surface area contributed by atoms with E-state index in [1.807, 2.05) is 11.0 Å². The molecule has 0 saturated carbocycles. The molecule has 0 unspecified atom stereocenters. The lowest BCUT2D eigenvalue weighted by molar-refractivity contribution is -0.143. The molecular formula is C29H26F3N3O5. The first-order chi connectivity index (χ1) is 19.2. The molecule has 0 bridgehead atoms. The number of alkyl halides is 3. The average Bonchev–Trinajstić information content (AvgIpc) is 3.58. The monoisotopic (exact) mass is 553 g/mol. The third-order valence-corrected chi connectivity index (χ3v) is 7.71. The number of aliphatic hydroxyl groups is 1. The van der Waals surface area contributed by atoms with Crippen molar-refractivity contribution >= 4 is 5.97 Å². The first-order valence-electron chi connectivity index (χ1n) is 13.1. The van der Waals surface area contributed by atoms with E-state index in [1.54, 1.807) is 30.3 Å². The number of nitrogens with zero attached hydrogens (tertiary/aromatic N) is 3. The first kappa shape index (κ1) is 26.3. The molecule has 6 rings (SSSR count). The van der Waals surface area contributed by atoms with Crippen LogP contribution in [0.15, 0.2) is 57.6 Å². The van der Waals surface area contributed by atoms with Crippen molar-refractivity contribution in [3.8, 4) is 34.0 Å². The van der Waals surface area contributed by atoms with Gasteiger partial charge < -0.3 is 19.3 Å². The number of halogens is 3. The number of rotatable bonds is 6. The van der Waals surface area contributed by atoms with Gasteiger partial charge >= 0.3 is 12.1 Å². The number of aliphatic hydroxyl groups excluding tert-OH is 1. The van der Waals surface area contributed by atoms with Crippen LogP contribution >= 0.6 is 0 Å². The number of carboxylic acids is 1. The highest BCUT2D eigenvalue weighted by Gasteiger charge is 2.43. The maximum Gasteiger partial charge on any atom is 0.422 e. The number of carboxylic acid groups (broad SMARTS) is 1. The maximum absolute atomic E-state index is 14.2. The molecule has 2 aromatic heterocycles. The van der Waals surface area contributed by atoms with Crippen molar-refractivity contribution in [3.63, 3.8) is 0 Å². The van der Waals surface area contributed by atoms with Crippen LogP contribution in [0, 0.1) is 5.92 Å². The fourth-order valence-electron chi connectivity index (χ4n) is 5.72. The van der Waals surface area contributed by atoms with Crippen molar-refractivity contribution in [1.29, 1.82) is 0 Å². The molecule has 3 heterocycles. The van der Waals surface area contributed by atoms with Gasteiger partial charge in [0, 0.05) is 29.8 Å². The molecule has 2 aliphatic rings. The highest BCUT2D eigenvalue weighted by Crippen LogP contribution is 2.46. The second-order valence-electron chi connectivity index (χ2n) is 10.3. The van der Waals surface area contributed by atoms with Crippen LogP contribution < -0.4 is 0 Å². The molecule has 2 N–H and O–H groups in total. The van der Waals surface area contributed by atoms with Crippen LogP contribution in [0.1, 0.15) is 41.2 Å². The SMILES string of the molecule is O=C(O)[C@H]1CCCN(C[C@@H](O)c2ccc3c(c2)CCc2c-3noc2-c2noc(-c3ccccc3)c2C(F)(F)F)C1. The summed E-state index contributed by atoms with van der Waals surface area (Å²) in [5, 5.41) is 28.1. The molecule has 8 nitrogen and oxygen atoms in total. The number of likely N-dealkylation sites (tertiary alicyclic amines) is 1. The Hall–Kier alpha value is -3.96. The van der Waals surface area contributed by atoms with Crippen LogP contribution in [-0.2, 0) is 23.8 Å². The predicted molar refractivity (Wildman–Crippen MR) is 137 cm³/mol. The second kappa shape index (κ2) is 10.2. The van der Waals surface area contributed by atoms with Crippen LogP contribution in [0.2, 0.25) is 0 Å². The molecule has 1 saturated heterocycles. The van der Waals surface area contributed by atoms with E-state index in [1.165, 1.54) is 12.1 Å². The van der Waals surface area contributed by atoms with Gasteiger partial charge in [-0.15, -0.1) is 0 Å². The zero-order valence-corrected chi connectivity index (χ0v) is 21.3. The number of hydrogen-bond acceptors (Lipinski definition) is 7. The van der Waals surface area contributed by atoms with Gasteiger partial charge in [-0.05, 0) is 43.4 Å². The third-order valence-electron chi connectivity index (χ3n) is 7.71. The molecule has 0 spiro atoms. The minimum Gasteiger partial charge on any atom is -0.481 e. The molecular weight excluding hydrogens is 527 g/mol. The summed E-state index contributed by atoms with van der Waals surface area (Å²) >= 11 is 0. The molecule has 2 aromatic carbocycles. The molecule has 1 fully saturated rings. The molecule has 0 amide bonds. The number of aryl methyl sites for hydroxylation is 1. The lowest BCUT2D eigenvalue weighted by Gasteiger charge is -2.32. The van der Waals surface area contributed by atoms with E-state index in [9.17, 15) is 28.2 Å². The Bertz CT molecular complexity index is 1550. The largest absolute Gasteiger partial charge is 0.481 e. The number of aromatic nitrogens is 2. The summed E-state index contributed by atoms with van der Waals surface area (Å²) in [5.74, 6) is -1.71. The van der Waals surface area contributed by atoms with Crippen LogP contribution in [-0.4, -0.2) is 51.0 Å². The van der Waals surface area contributed by atoms with E-state index in [0.717, 1.165) is 24.1 Å². The van der Waals surface area contributed by atoms with E-state index in [0.29, 0.717) is 49.2 Å². The predicted octanol–water partition coefficient (Wildman–Crippen LogP) is 5.61. The molecule has 1 aliphatic carbocycles. The molecule has 208 valence electrons. The van der Waals surface area contributed by atoms with Gasteiger partial charge in [-0.1, -0.05) is 58.8 Å². The molecule has 1 aliphatic heterocycles. The maximum atomic E-state index is 14.2. The normalized spacial score (nSPS) is 18.2. The van der Waals surface area contributed by atoms with Gasteiger partial charge in [-0.3, -0.25) is 9.69 Å². The van der Waals surface area contributed by atoms with Gasteiger partial charge in [-0.2, -0.15) is 13.2 Å². The van der Waals surface area contributed by atoms with E-state index in [-0.39, 0.29) is 17.1 Å². The lowest BCUT2D eigenvalue weighted by Crippen LogP contribution is -2.40. The van der Waals surface area contributed by atoms with Crippen molar-refractivity contribution in [2.24, 2.45) is 5.92 Å². The van der Waals surface area contributed by atoms with Gasteiger partial charge in [0.1, 0.15) is 11.3 Å². The summed E-state index contributed by atoms with van der Waals surface area (Å²) < 4.78 is 53.3. The van der Waals surface area contributed by atoms with Gasteiger partial charge in [-0.25, -0.2) is 0 Å². The van der Waals surface area contributed by atoms with Crippen LogP contribution in [0.4, 0.5) is 13.2 Å². The number of carbonyl (C=O) groups is 1. The van der Waals surface area contributed by atoms with Gasteiger partial charge in [0.05, 0.1) is 12.0 Å². The van der Waals surface area contributed by atoms with E-state index in [4.69, 9.17) is 9.05 Å². The van der Waals surface area contributed by atoms with Crippen LogP contribution in [0.3, 0.4) is 0 Å². The van der Waals surface area contributed by atoms with E-state index in [2.05, 4.69) is 10.3 Å². The number of hydrogen-bond donors (Lipinski definition) is 2. The zero-order chi connectivity index (χ0) is 28.0. The highest BCUT2D eigenvalue weighted by molar-refractivity contribution is 5.79. The Kier molecular flexibility index (Phi) is 6.71. The Morgan fingerprint density at radius 3 is 2.55 bits per heavy atom. The molecule has 4 aromatic rings. The standard InChI is InChI=1S/C29H26F3N3O5/c30-29(31,32)23-25(34-39-26(23)16-5-2-1-3-6-16)27-21-11-8-17-13-18(9-10-20(17)24(21)33-40-27)22(36)15-35-12-4-7-19(14-35)28(37)38/h1-3,5-6,9-10,13,19,22,36H,4,7-8,11-12,14-15H2,(H,37,38)/t19-,22+/m0/s1. The summed E-state index contributed by atoms with van der Waals surface area (Å²) in [5.41, 5.74) is 2.07. The van der Waals surface area contributed by atoms with Crippen molar-refractivity contribution in [2.75, 3.05) is 19.6 Å². The van der Waals surface area contributed by atoms with E-state index >= 15 is 0 Å². The minimum atomic E-state index is -4.74. The fourth-order valence-corrected chi connectivity index (χ4v) is 5.72. The molecule has 2 atom stereocenters. The van der Waals surface area contributed by atoms with Crippen LogP contribution in [0.25, 0.3) is 34.0 Å². The number of aliphatic carboxylic acids is 1.